The number of rotatable bonds is 5. The van der Waals surface area contributed by atoms with E-state index in [1.807, 2.05) is 0 Å². The molecule has 0 amide bonds. The summed E-state index contributed by atoms with van der Waals surface area (Å²) >= 11 is 5.71. The number of carbonyl (C=O) groups excluding carboxylic acids is 1. The minimum Gasteiger partial charge on any atom is -0.378 e. The van der Waals surface area contributed by atoms with Crippen LogP contribution in [-0.2, 0) is 9.53 Å². The maximum atomic E-state index is 11.4. The number of halogens is 1. The summed E-state index contributed by atoms with van der Waals surface area (Å²) in [4.78, 5) is 11.4. The van der Waals surface area contributed by atoms with Crippen molar-refractivity contribution in [3.8, 4) is 0 Å². The van der Waals surface area contributed by atoms with E-state index >= 15 is 0 Å². The monoisotopic (exact) mass is 342 g/mol. The summed E-state index contributed by atoms with van der Waals surface area (Å²) in [6, 6.07) is 0. The van der Waals surface area contributed by atoms with Crippen LogP contribution < -0.4 is 0 Å². The quantitative estimate of drug-likeness (QED) is 0.552. The molecule has 2 fully saturated rings. The molecule has 2 saturated carbocycles. The topological polar surface area (TPSA) is 26.3 Å². The predicted molar refractivity (Wildman–Crippen MR) is 96.8 cm³/mol. The molecule has 3 heteroatoms. The van der Waals surface area contributed by atoms with Crippen LogP contribution in [0.2, 0.25) is 0 Å². The Kier molecular flexibility index (Phi) is 9.60. The van der Waals surface area contributed by atoms with Gasteiger partial charge >= 0.3 is 0 Å². The van der Waals surface area contributed by atoms with Crippen LogP contribution in [0.3, 0.4) is 0 Å². The number of carbonyl (C=O) groups is 1. The van der Waals surface area contributed by atoms with E-state index in [1.165, 1.54) is 77.0 Å². The minimum atomic E-state index is -0.186. The van der Waals surface area contributed by atoms with Gasteiger partial charge in [-0.15, -0.1) is 0 Å². The lowest BCUT2D eigenvalue weighted by Crippen LogP contribution is -2.28. The molecule has 0 N–H and O–H groups in total. The minimum absolute atomic E-state index is 0.186. The highest BCUT2D eigenvalue weighted by Gasteiger charge is 2.26. The summed E-state index contributed by atoms with van der Waals surface area (Å²) in [5, 5.41) is -0.186. The Bertz CT molecular complexity index is 324. The second-order valence-corrected chi connectivity index (χ2v) is 8.17. The summed E-state index contributed by atoms with van der Waals surface area (Å²) in [6.45, 7) is 0.900. The molecule has 0 aliphatic heterocycles. The molecule has 23 heavy (non-hydrogen) atoms. The van der Waals surface area contributed by atoms with Gasteiger partial charge in [0.2, 0.25) is 5.24 Å². The smallest absolute Gasteiger partial charge is 0.222 e. The van der Waals surface area contributed by atoms with E-state index in [2.05, 4.69) is 0 Å². The van der Waals surface area contributed by atoms with Crippen molar-refractivity contribution < 1.29 is 9.53 Å². The van der Waals surface area contributed by atoms with Crippen LogP contribution in [0.15, 0.2) is 0 Å². The van der Waals surface area contributed by atoms with Crippen LogP contribution in [0, 0.1) is 11.8 Å². The van der Waals surface area contributed by atoms with E-state index in [1.54, 1.807) is 0 Å². The first kappa shape index (κ1) is 19.2. The Labute approximate surface area is 147 Å². The Hall–Kier alpha value is -0.0800. The van der Waals surface area contributed by atoms with Crippen molar-refractivity contribution in [3.63, 3.8) is 0 Å². The largest absolute Gasteiger partial charge is 0.378 e. The number of ether oxygens (including phenoxy) is 1. The second kappa shape index (κ2) is 11.5. The summed E-state index contributed by atoms with van der Waals surface area (Å²) in [5.41, 5.74) is 0. The van der Waals surface area contributed by atoms with Crippen LogP contribution in [0.4, 0.5) is 0 Å². The first-order valence-corrected chi connectivity index (χ1v) is 10.4. The van der Waals surface area contributed by atoms with Crippen LogP contribution in [-0.4, -0.2) is 18.0 Å². The average Bonchev–Trinajstić information content (AvgIpc) is 2.58. The van der Waals surface area contributed by atoms with Gasteiger partial charge in [-0.25, -0.2) is 0 Å². The molecular weight excluding hydrogens is 308 g/mol. The molecule has 2 nitrogen and oxygen atoms in total. The van der Waals surface area contributed by atoms with Gasteiger partial charge in [-0.2, -0.15) is 0 Å². The van der Waals surface area contributed by atoms with Crippen LogP contribution in [0.5, 0.6) is 0 Å². The zero-order valence-corrected chi connectivity index (χ0v) is 15.5. The van der Waals surface area contributed by atoms with E-state index in [9.17, 15) is 4.79 Å². The molecule has 0 spiro atoms. The highest BCUT2D eigenvalue weighted by molar-refractivity contribution is 6.63. The molecule has 0 aromatic rings. The van der Waals surface area contributed by atoms with Gasteiger partial charge in [-0.05, 0) is 49.1 Å². The molecule has 0 saturated heterocycles. The molecule has 134 valence electrons. The van der Waals surface area contributed by atoms with Crippen molar-refractivity contribution in [1.82, 2.24) is 0 Å². The lowest BCUT2D eigenvalue weighted by molar-refractivity contribution is -0.114. The van der Waals surface area contributed by atoms with Gasteiger partial charge in [-0.3, -0.25) is 4.79 Å². The average molecular weight is 343 g/mol. The van der Waals surface area contributed by atoms with E-state index in [-0.39, 0.29) is 11.3 Å². The molecular formula is C20H35ClO2. The Morgan fingerprint density at radius 1 is 0.783 bits per heavy atom. The fourth-order valence-corrected chi connectivity index (χ4v) is 4.53. The summed E-state index contributed by atoms with van der Waals surface area (Å²) in [7, 11) is 0. The van der Waals surface area contributed by atoms with Gasteiger partial charge in [0.15, 0.2) is 0 Å². The lowest BCUT2D eigenvalue weighted by atomic mass is 9.90. The molecule has 0 aromatic carbocycles. The van der Waals surface area contributed by atoms with Gasteiger partial charge in [0.05, 0.1) is 6.10 Å². The van der Waals surface area contributed by atoms with Crippen molar-refractivity contribution in [3.05, 3.63) is 0 Å². The molecule has 0 radical (unpaired) electrons. The fraction of sp³-hybridized carbons (Fsp3) is 0.950. The van der Waals surface area contributed by atoms with Crippen molar-refractivity contribution >= 4 is 16.8 Å². The van der Waals surface area contributed by atoms with E-state index in [0.29, 0.717) is 12.3 Å². The van der Waals surface area contributed by atoms with Gasteiger partial charge in [0.25, 0.3) is 0 Å². The third kappa shape index (κ3) is 8.03. The van der Waals surface area contributed by atoms with Crippen LogP contribution in [0.25, 0.3) is 0 Å². The maximum Gasteiger partial charge on any atom is 0.222 e. The Morgan fingerprint density at radius 2 is 1.30 bits per heavy atom. The normalized spacial score (nSPS) is 28.9. The van der Waals surface area contributed by atoms with Gasteiger partial charge < -0.3 is 4.74 Å². The lowest BCUT2D eigenvalue weighted by Gasteiger charge is -2.29. The van der Waals surface area contributed by atoms with Gasteiger partial charge in [0, 0.05) is 13.0 Å². The van der Waals surface area contributed by atoms with Gasteiger partial charge in [-0.1, -0.05) is 64.2 Å². The highest BCUT2D eigenvalue weighted by atomic mass is 35.5. The van der Waals surface area contributed by atoms with Crippen molar-refractivity contribution in [2.45, 2.75) is 102 Å². The summed E-state index contributed by atoms with van der Waals surface area (Å²) in [5.74, 6) is 1.07. The molecule has 0 heterocycles. The Morgan fingerprint density at radius 3 is 1.91 bits per heavy atom. The first-order chi connectivity index (χ1) is 11.3. The van der Waals surface area contributed by atoms with Crippen LogP contribution in [0.1, 0.15) is 96.3 Å². The molecule has 2 unspecified atom stereocenters. The molecule has 2 atom stereocenters. The second-order valence-electron chi connectivity index (χ2n) is 7.75. The number of hydrogen-bond acceptors (Lipinski definition) is 2. The Balaban J connectivity index is 1.86. The molecule has 2 aliphatic rings. The third-order valence-corrected chi connectivity index (χ3v) is 5.94. The molecule has 0 bridgehead atoms. The molecule has 2 rings (SSSR count). The third-order valence-electron chi connectivity index (χ3n) is 5.78. The predicted octanol–water partition coefficient (Wildman–Crippen LogP) is 6.25. The first-order valence-electron chi connectivity index (χ1n) is 10.1. The van der Waals surface area contributed by atoms with E-state index < -0.39 is 0 Å². The van der Waals surface area contributed by atoms with Crippen LogP contribution >= 0.6 is 11.6 Å². The molecule has 0 aromatic heterocycles. The van der Waals surface area contributed by atoms with Crippen molar-refractivity contribution in [1.29, 1.82) is 0 Å². The standard InChI is InChI=1S/C20H35ClO2/c21-20(22)15-18-13-9-5-2-6-10-14-19(18)23-16-17-11-7-3-1-4-8-12-17/h17-19H,1-16H2. The van der Waals surface area contributed by atoms with E-state index in [4.69, 9.17) is 16.3 Å². The zero-order chi connectivity index (χ0) is 16.3. The zero-order valence-electron chi connectivity index (χ0n) is 14.7. The highest BCUT2D eigenvalue weighted by Crippen LogP contribution is 2.30. The van der Waals surface area contributed by atoms with Gasteiger partial charge in [0.1, 0.15) is 0 Å². The number of hydrogen-bond donors (Lipinski definition) is 0. The van der Waals surface area contributed by atoms with Crippen molar-refractivity contribution in [2.75, 3.05) is 6.61 Å². The van der Waals surface area contributed by atoms with Crippen molar-refractivity contribution in [2.24, 2.45) is 11.8 Å². The fourth-order valence-electron chi connectivity index (χ4n) is 4.33. The molecule has 2 aliphatic carbocycles. The maximum absolute atomic E-state index is 11.4. The SMILES string of the molecule is O=C(Cl)CC1CCCCCCCC1OCC1CCCCCCC1. The summed E-state index contributed by atoms with van der Waals surface area (Å²) < 4.78 is 6.41. The summed E-state index contributed by atoms with van der Waals surface area (Å²) in [6.07, 6.45) is 18.9. The van der Waals surface area contributed by atoms with E-state index in [0.717, 1.165) is 25.4 Å².